The molecule has 4 aromatic rings. The number of benzene rings is 3. The van der Waals surface area contributed by atoms with Crippen molar-refractivity contribution in [1.29, 1.82) is 0 Å². The van der Waals surface area contributed by atoms with Crippen molar-refractivity contribution in [3.05, 3.63) is 89.7 Å². The van der Waals surface area contributed by atoms with Crippen LogP contribution in [0.25, 0.3) is 11.0 Å². The van der Waals surface area contributed by atoms with E-state index in [1.807, 2.05) is 48.5 Å². The molecule has 30 heavy (non-hydrogen) atoms. The highest BCUT2D eigenvalue weighted by molar-refractivity contribution is 5.93. The molecular formula is C25H25N3O2. The first kappa shape index (κ1) is 19.7. The van der Waals surface area contributed by atoms with Crippen LogP contribution >= 0.6 is 0 Å². The van der Waals surface area contributed by atoms with Gasteiger partial charge in [0.05, 0.1) is 18.1 Å². The van der Waals surface area contributed by atoms with Crippen LogP contribution < -0.4 is 10.1 Å². The van der Waals surface area contributed by atoms with Crippen molar-refractivity contribution in [2.75, 3.05) is 12.4 Å². The quantitative estimate of drug-likeness (QED) is 0.442. The van der Waals surface area contributed by atoms with E-state index < -0.39 is 0 Å². The molecule has 0 aliphatic rings. The maximum atomic E-state index is 12.3. The number of fused-ring (bicyclic) bond motifs is 1. The van der Waals surface area contributed by atoms with Crippen molar-refractivity contribution in [3.8, 4) is 5.75 Å². The Morgan fingerprint density at radius 1 is 0.933 bits per heavy atom. The van der Waals surface area contributed by atoms with Crippen molar-refractivity contribution in [1.82, 2.24) is 9.97 Å². The topological polar surface area (TPSA) is 67.0 Å². The highest BCUT2D eigenvalue weighted by Gasteiger charge is 2.07. The first-order valence-corrected chi connectivity index (χ1v) is 10.1. The molecule has 0 atom stereocenters. The number of H-pyrrole nitrogens is 1. The zero-order chi connectivity index (χ0) is 20.8. The van der Waals surface area contributed by atoms with Crippen LogP contribution in [-0.4, -0.2) is 23.0 Å². The lowest BCUT2D eigenvalue weighted by Crippen LogP contribution is -2.12. The van der Waals surface area contributed by atoms with Crippen LogP contribution in [0.3, 0.4) is 0 Å². The number of aryl methyl sites for hydroxylation is 3. The van der Waals surface area contributed by atoms with Gasteiger partial charge < -0.3 is 15.0 Å². The second kappa shape index (κ2) is 9.27. The number of amides is 1. The average Bonchev–Trinajstić information content (AvgIpc) is 3.19. The van der Waals surface area contributed by atoms with E-state index in [1.54, 1.807) is 7.11 Å². The smallest absolute Gasteiger partial charge is 0.224 e. The van der Waals surface area contributed by atoms with Crippen molar-refractivity contribution >= 4 is 22.6 Å². The molecule has 0 unspecified atom stereocenters. The van der Waals surface area contributed by atoms with Gasteiger partial charge in [0.2, 0.25) is 5.91 Å². The number of carbonyl (C=O) groups excluding carboxylic acids is 1. The lowest BCUT2D eigenvalue weighted by molar-refractivity contribution is -0.116. The molecule has 0 fully saturated rings. The number of carbonyl (C=O) groups is 1. The number of nitrogens with zero attached hydrogens (tertiary/aromatic N) is 1. The second-order valence-corrected chi connectivity index (χ2v) is 7.30. The molecule has 1 heterocycles. The molecule has 152 valence electrons. The Morgan fingerprint density at radius 3 is 2.47 bits per heavy atom. The zero-order valence-corrected chi connectivity index (χ0v) is 17.0. The maximum absolute atomic E-state index is 12.3. The van der Waals surface area contributed by atoms with E-state index in [4.69, 9.17) is 4.74 Å². The number of anilines is 1. The van der Waals surface area contributed by atoms with Crippen LogP contribution in [0.2, 0.25) is 0 Å². The minimum absolute atomic E-state index is 0.00557. The number of hydrogen-bond donors (Lipinski definition) is 2. The second-order valence-electron chi connectivity index (χ2n) is 7.30. The SMILES string of the molecule is COc1ccc(CCC(=O)Nc2ccc3nc(CCc4ccccc4)[nH]c3c2)cc1. The Labute approximate surface area is 176 Å². The van der Waals surface area contributed by atoms with E-state index in [9.17, 15) is 4.79 Å². The minimum Gasteiger partial charge on any atom is -0.497 e. The maximum Gasteiger partial charge on any atom is 0.224 e. The Morgan fingerprint density at radius 2 is 1.70 bits per heavy atom. The van der Waals surface area contributed by atoms with Gasteiger partial charge in [-0.15, -0.1) is 0 Å². The molecule has 0 aliphatic heterocycles. The first-order chi connectivity index (χ1) is 14.7. The van der Waals surface area contributed by atoms with Gasteiger partial charge in [-0.2, -0.15) is 0 Å². The highest BCUT2D eigenvalue weighted by Crippen LogP contribution is 2.19. The molecule has 0 radical (unpaired) electrons. The molecule has 5 heteroatoms. The molecular weight excluding hydrogens is 374 g/mol. The summed E-state index contributed by atoms with van der Waals surface area (Å²) in [6.45, 7) is 0. The lowest BCUT2D eigenvalue weighted by atomic mass is 10.1. The summed E-state index contributed by atoms with van der Waals surface area (Å²) in [7, 11) is 1.64. The first-order valence-electron chi connectivity index (χ1n) is 10.1. The molecule has 2 N–H and O–H groups in total. The molecule has 4 rings (SSSR count). The predicted octanol–water partition coefficient (Wildman–Crippen LogP) is 4.93. The number of nitrogens with one attached hydrogen (secondary N) is 2. The minimum atomic E-state index is -0.00557. The molecule has 0 saturated heterocycles. The molecule has 1 amide bonds. The van der Waals surface area contributed by atoms with Gasteiger partial charge in [-0.25, -0.2) is 4.98 Å². The van der Waals surface area contributed by atoms with Crippen molar-refractivity contribution in [2.24, 2.45) is 0 Å². The van der Waals surface area contributed by atoms with Crippen LogP contribution in [0.5, 0.6) is 5.75 Å². The Balaban J connectivity index is 1.33. The van der Waals surface area contributed by atoms with Gasteiger partial charge in [0, 0.05) is 18.5 Å². The normalized spacial score (nSPS) is 10.8. The van der Waals surface area contributed by atoms with Crippen LogP contribution in [0.1, 0.15) is 23.4 Å². The van der Waals surface area contributed by atoms with Gasteiger partial charge in [0.15, 0.2) is 0 Å². The number of aromatic amines is 1. The zero-order valence-electron chi connectivity index (χ0n) is 17.0. The molecule has 1 aromatic heterocycles. The Kier molecular flexibility index (Phi) is 6.09. The van der Waals surface area contributed by atoms with E-state index in [-0.39, 0.29) is 5.91 Å². The molecule has 5 nitrogen and oxygen atoms in total. The average molecular weight is 399 g/mol. The fraction of sp³-hybridized carbons (Fsp3) is 0.200. The van der Waals surface area contributed by atoms with E-state index in [2.05, 4.69) is 39.6 Å². The number of hydrogen-bond acceptors (Lipinski definition) is 3. The molecule has 0 saturated carbocycles. The Hall–Kier alpha value is -3.60. The van der Waals surface area contributed by atoms with Crippen molar-refractivity contribution < 1.29 is 9.53 Å². The number of imidazole rings is 1. The van der Waals surface area contributed by atoms with Gasteiger partial charge in [0.1, 0.15) is 11.6 Å². The van der Waals surface area contributed by atoms with E-state index >= 15 is 0 Å². The van der Waals surface area contributed by atoms with E-state index in [0.717, 1.165) is 46.7 Å². The van der Waals surface area contributed by atoms with Crippen LogP contribution in [-0.2, 0) is 24.1 Å². The summed E-state index contributed by atoms with van der Waals surface area (Å²) in [6.07, 6.45) is 2.90. The monoisotopic (exact) mass is 399 g/mol. The third-order valence-corrected chi connectivity index (χ3v) is 5.11. The fourth-order valence-electron chi connectivity index (χ4n) is 3.44. The Bertz CT molecular complexity index is 1120. The van der Waals surface area contributed by atoms with Gasteiger partial charge in [-0.3, -0.25) is 4.79 Å². The summed E-state index contributed by atoms with van der Waals surface area (Å²) in [6, 6.07) is 24.0. The summed E-state index contributed by atoms with van der Waals surface area (Å²) < 4.78 is 5.16. The predicted molar refractivity (Wildman–Crippen MR) is 120 cm³/mol. The third kappa shape index (κ3) is 5.06. The standard InChI is InChI=1S/C25H25N3O2/c1-30-21-12-7-19(8-13-21)10-16-25(29)26-20-11-14-22-23(17-20)28-24(27-22)15-9-18-5-3-2-4-6-18/h2-8,11-14,17H,9-10,15-16H2,1H3,(H,26,29)(H,27,28). The van der Waals surface area contributed by atoms with Crippen LogP contribution in [0.15, 0.2) is 72.8 Å². The van der Waals surface area contributed by atoms with Crippen LogP contribution in [0.4, 0.5) is 5.69 Å². The van der Waals surface area contributed by atoms with Crippen molar-refractivity contribution in [3.63, 3.8) is 0 Å². The lowest BCUT2D eigenvalue weighted by Gasteiger charge is -2.06. The molecule has 0 spiro atoms. The number of ether oxygens (including phenoxy) is 1. The summed E-state index contributed by atoms with van der Waals surface area (Å²) in [5.41, 5.74) is 5.03. The van der Waals surface area contributed by atoms with E-state index in [1.165, 1.54) is 5.56 Å². The number of rotatable bonds is 8. The fourth-order valence-corrected chi connectivity index (χ4v) is 3.44. The summed E-state index contributed by atoms with van der Waals surface area (Å²) in [5, 5.41) is 2.98. The van der Waals surface area contributed by atoms with Crippen LogP contribution in [0, 0.1) is 0 Å². The van der Waals surface area contributed by atoms with Gasteiger partial charge in [0.25, 0.3) is 0 Å². The largest absolute Gasteiger partial charge is 0.497 e. The summed E-state index contributed by atoms with van der Waals surface area (Å²) >= 11 is 0. The summed E-state index contributed by atoms with van der Waals surface area (Å²) in [4.78, 5) is 20.4. The number of methoxy groups -OCH3 is 1. The van der Waals surface area contributed by atoms with E-state index in [0.29, 0.717) is 12.8 Å². The van der Waals surface area contributed by atoms with Gasteiger partial charge >= 0.3 is 0 Å². The summed E-state index contributed by atoms with van der Waals surface area (Å²) in [5.74, 6) is 1.77. The van der Waals surface area contributed by atoms with Gasteiger partial charge in [-0.05, 0) is 54.3 Å². The molecule has 0 bridgehead atoms. The number of aromatic nitrogens is 2. The highest BCUT2D eigenvalue weighted by atomic mass is 16.5. The molecule has 0 aliphatic carbocycles. The molecule has 3 aromatic carbocycles. The van der Waals surface area contributed by atoms with Crippen molar-refractivity contribution in [2.45, 2.75) is 25.7 Å². The van der Waals surface area contributed by atoms with Gasteiger partial charge in [-0.1, -0.05) is 42.5 Å². The third-order valence-electron chi connectivity index (χ3n) is 5.11.